The van der Waals surface area contributed by atoms with E-state index < -0.39 is 0 Å². The fourth-order valence-corrected chi connectivity index (χ4v) is 6.01. The number of hydrogen-bond acceptors (Lipinski definition) is 2. The molecule has 0 saturated heterocycles. The van der Waals surface area contributed by atoms with E-state index in [0.717, 1.165) is 44.5 Å². The Morgan fingerprint density at radius 2 is 1.12 bits per heavy atom. The molecule has 0 N–H and O–H groups in total. The predicted molar refractivity (Wildman–Crippen MR) is 167 cm³/mol. The van der Waals surface area contributed by atoms with Gasteiger partial charge in [-0.2, -0.15) is 0 Å². The van der Waals surface area contributed by atoms with Gasteiger partial charge in [-0.05, 0) is 82.0 Å². The van der Waals surface area contributed by atoms with E-state index in [1.165, 1.54) is 27.1 Å². The van der Waals surface area contributed by atoms with Crippen LogP contribution in [0.3, 0.4) is 0 Å². The molecular weight excluding hydrogens is 510 g/mol. The van der Waals surface area contributed by atoms with Crippen LogP contribution in [0.15, 0.2) is 133 Å². The van der Waals surface area contributed by atoms with Crippen molar-refractivity contribution in [3.05, 3.63) is 139 Å². The maximum atomic E-state index is 6.47. The number of nitrogens with zero attached hydrogens (tertiary/aromatic N) is 3. The smallest absolute Gasteiger partial charge is 0.223 e. The Hall–Kier alpha value is -4.99. The van der Waals surface area contributed by atoms with E-state index in [9.17, 15) is 0 Å². The van der Waals surface area contributed by atoms with Gasteiger partial charge in [0.2, 0.25) is 5.28 Å². The summed E-state index contributed by atoms with van der Waals surface area (Å²) >= 11 is 6.47. The molecule has 40 heavy (non-hydrogen) atoms. The van der Waals surface area contributed by atoms with Crippen molar-refractivity contribution in [1.82, 2.24) is 14.5 Å². The molecule has 0 amide bonds. The van der Waals surface area contributed by atoms with Gasteiger partial charge >= 0.3 is 0 Å². The average molecular weight is 532 g/mol. The summed E-state index contributed by atoms with van der Waals surface area (Å²) in [5.74, 6) is 0. The van der Waals surface area contributed by atoms with Crippen LogP contribution in [0.2, 0.25) is 5.28 Å². The summed E-state index contributed by atoms with van der Waals surface area (Å²) < 4.78 is 2.35. The third-order valence-corrected chi connectivity index (χ3v) is 7.86. The van der Waals surface area contributed by atoms with Gasteiger partial charge in [0.1, 0.15) is 0 Å². The Labute approximate surface area is 235 Å². The molecule has 0 aliphatic rings. The molecule has 2 aromatic heterocycles. The van der Waals surface area contributed by atoms with E-state index in [4.69, 9.17) is 16.6 Å². The molecule has 0 atom stereocenters. The Morgan fingerprint density at radius 3 is 1.93 bits per heavy atom. The van der Waals surface area contributed by atoms with Crippen LogP contribution < -0.4 is 0 Å². The number of halogens is 1. The second kappa shape index (κ2) is 9.04. The van der Waals surface area contributed by atoms with Crippen molar-refractivity contribution in [3.8, 4) is 28.1 Å². The fraction of sp³-hybridized carbons (Fsp3) is 0. The molecule has 0 aliphatic carbocycles. The van der Waals surface area contributed by atoms with E-state index in [2.05, 4.69) is 131 Å². The molecule has 0 unspecified atom stereocenters. The molecule has 0 bridgehead atoms. The van der Waals surface area contributed by atoms with Gasteiger partial charge in [-0.3, -0.25) is 0 Å². The topological polar surface area (TPSA) is 30.7 Å². The molecule has 0 spiro atoms. The maximum Gasteiger partial charge on any atom is 0.223 e. The first kappa shape index (κ1) is 22.9. The van der Waals surface area contributed by atoms with Crippen LogP contribution >= 0.6 is 11.6 Å². The Kier molecular flexibility index (Phi) is 5.19. The van der Waals surface area contributed by atoms with Crippen molar-refractivity contribution in [1.29, 1.82) is 0 Å². The summed E-state index contributed by atoms with van der Waals surface area (Å²) in [6.45, 7) is 0. The van der Waals surface area contributed by atoms with E-state index in [-0.39, 0.29) is 5.28 Å². The first-order valence-electron chi connectivity index (χ1n) is 13.3. The van der Waals surface area contributed by atoms with Crippen LogP contribution in [0.5, 0.6) is 0 Å². The molecular formula is C36H22ClN3. The van der Waals surface area contributed by atoms with Crippen molar-refractivity contribution in [2.75, 3.05) is 0 Å². The zero-order chi connectivity index (χ0) is 26.6. The molecule has 0 fully saturated rings. The summed E-state index contributed by atoms with van der Waals surface area (Å²) in [4.78, 5) is 9.29. The van der Waals surface area contributed by atoms with Crippen LogP contribution in [0.4, 0.5) is 0 Å². The molecule has 0 aliphatic heterocycles. The van der Waals surface area contributed by atoms with Gasteiger partial charge in [-0.15, -0.1) is 0 Å². The maximum absolute atomic E-state index is 6.47. The second-order valence-electron chi connectivity index (χ2n) is 10.1. The van der Waals surface area contributed by atoms with Crippen molar-refractivity contribution in [3.63, 3.8) is 0 Å². The Morgan fingerprint density at radius 1 is 0.475 bits per heavy atom. The normalized spacial score (nSPS) is 11.6. The van der Waals surface area contributed by atoms with E-state index in [1.54, 1.807) is 0 Å². The van der Waals surface area contributed by atoms with E-state index >= 15 is 0 Å². The lowest BCUT2D eigenvalue weighted by atomic mass is 9.99. The highest BCUT2D eigenvalue weighted by molar-refractivity contribution is 6.29. The van der Waals surface area contributed by atoms with Gasteiger partial charge in [0.05, 0.1) is 22.2 Å². The Bertz CT molecular complexity index is 2220. The highest BCUT2D eigenvalue weighted by atomic mass is 35.5. The lowest BCUT2D eigenvalue weighted by Crippen LogP contribution is -1.94. The SMILES string of the molecule is Clc1nc(-c2ccc3c(c2)c2cc4ccccc4cc2n3-c2ccccc2)c2cc(-c3ccccc3)ccc2n1. The van der Waals surface area contributed by atoms with E-state index in [1.807, 2.05) is 12.1 Å². The van der Waals surface area contributed by atoms with Crippen LogP contribution in [-0.4, -0.2) is 14.5 Å². The average Bonchev–Trinajstić information content (AvgIpc) is 3.32. The minimum atomic E-state index is 0.243. The van der Waals surface area contributed by atoms with Crippen LogP contribution in [0.1, 0.15) is 0 Å². The minimum Gasteiger partial charge on any atom is -0.309 e. The third-order valence-electron chi connectivity index (χ3n) is 7.70. The van der Waals surface area contributed by atoms with Crippen LogP contribution in [0.25, 0.3) is 71.6 Å². The molecule has 6 aromatic carbocycles. The number of benzene rings is 6. The van der Waals surface area contributed by atoms with Gasteiger partial charge in [0, 0.05) is 27.4 Å². The highest BCUT2D eigenvalue weighted by Gasteiger charge is 2.17. The van der Waals surface area contributed by atoms with Gasteiger partial charge in [-0.25, -0.2) is 9.97 Å². The van der Waals surface area contributed by atoms with Crippen molar-refractivity contribution < 1.29 is 0 Å². The number of rotatable bonds is 3. The molecule has 8 rings (SSSR count). The second-order valence-corrected chi connectivity index (χ2v) is 10.4. The molecule has 0 radical (unpaired) electrons. The number of aromatic nitrogens is 3. The van der Waals surface area contributed by atoms with Crippen molar-refractivity contribution in [2.24, 2.45) is 0 Å². The molecule has 2 heterocycles. The van der Waals surface area contributed by atoms with Gasteiger partial charge in [-0.1, -0.05) is 84.9 Å². The largest absolute Gasteiger partial charge is 0.309 e. The lowest BCUT2D eigenvalue weighted by molar-refractivity contribution is 1.18. The molecule has 4 heteroatoms. The summed E-state index contributed by atoms with van der Waals surface area (Å²) in [7, 11) is 0. The fourth-order valence-electron chi connectivity index (χ4n) is 5.84. The molecule has 188 valence electrons. The standard InChI is InChI=1S/C36H22ClN3/c37-36-38-32-17-15-26(23-9-3-1-4-10-23)20-31(32)35(39-36)27-16-18-33-29(21-27)30-19-24-11-7-8-12-25(24)22-34(30)40(33)28-13-5-2-6-14-28/h1-22H. The van der Waals surface area contributed by atoms with Crippen molar-refractivity contribution >= 4 is 55.1 Å². The number of hydrogen-bond donors (Lipinski definition) is 0. The predicted octanol–water partition coefficient (Wildman–Crippen LogP) is 9.87. The molecule has 3 nitrogen and oxygen atoms in total. The van der Waals surface area contributed by atoms with Crippen LogP contribution in [-0.2, 0) is 0 Å². The minimum absolute atomic E-state index is 0.243. The third kappa shape index (κ3) is 3.67. The monoisotopic (exact) mass is 531 g/mol. The number of para-hydroxylation sites is 1. The first-order chi connectivity index (χ1) is 19.7. The number of fused-ring (bicyclic) bond motifs is 5. The molecule has 8 aromatic rings. The summed E-state index contributed by atoms with van der Waals surface area (Å²) in [6.07, 6.45) is 0. The summed E-state index contributed by atoms with van der Waals surface area (Å²) in [5.41, 5.74) is 8.39. The summed E-state index contributed by atoms with van der Waals surface area (Å²) in [5, 5.41) is 6.03. The van der Waals surface area contributed by atoms with Gasteiger partial charge in [0.25, 0.3) is 0 Å². The lowest BCUT2D eigenvalue weighted by Gasteiger charge is -2.10. The van der Waals surface area contributed by atoms with E-state index in [0.29, 0.717) is 0 Å². The van der Waals surface area contributed by atoms with Gasteiger partial charge in [0.15, 0.2) is 0 Å². The van der Waals surface area contributed by atoms with Crippen molar-refractivity contribution in [2.45, 2.75) is 0 Å². The quantitative estimate of drug-likeness (QED) is 0.212. The Balaban J connectivity index is 1.42. The molecule has 0 saturated carbocycles. The highest BCUT2D eigenvalue weighted by Crippen LogP contribution is 2.38. The summed E-state index contributed by atoms with van der Waals surface area (Å²) in [6, 6.07) is 46.9. The first-order valence-corrected chi connectivity index (χ1v) is 13.7. The zero-order valence-corrected chi connectivity index (χ0v) is 22.2. The van der Waals surface area contributed by atoms with Crippen LogP contribution in [0, 0.1) is 0 Å². The van der Waals surface area contributed by atoms with Gasteiger partial charge < -0.3 is 4.57 Å². The zero-order valence-electron chi connectivity index (χ0n) is 21.4.